The minimum atomic E-state index is 0.645. The second kappa shape index (κ2) is 9.75. The molecule has 120 valence electrons. The Kier molecular flexibility index (Phi) is 8.74. The van der Waals surface area contributed by atoms with Crippen LogP contribution in [0, 0.1) is 11.8 Å². The van der Waals surface area contributed by atoms with Crippen LogP contribution in [-0.4, -0.2) is 49.8 Å². The van der Waals surface area contributed by atoms with Crippen molar-refractivity contribution in [2.45, 2.75) is 66.0 Å². The van der Waals surface area contributed by atoms with Crippen LogP contribution >= 0.6 is 0 Å². The van der Waals surface area contributed by atoms with Crippen molar-refractivity contribution in [3.05, 3.63) is 0 Å². The largest absolute Gasteiger partial charge is 0.381 e. The molecule has 1 aliphatic rings. The lowest BCUT2D eigenvalue weighted by molar-refractivity contribution is 0.0667. The number of nitrogens with zero attached hydrogens (tertiary/aromatic N) is 1. The molecule has 3 heteroatoms. The van der Waals surface area contributed by atoms with Gasteiger partial charge in [0.05, 0.1) is 0 Å². The van der Waals surface area contributed by atoms with Gasteiger partial charge in [-0.05, 0) is 24.7 Å². The van der Waals surface area contributed by atoms with E-state index in [0.29, 0.717) is 18.0 Å². The maximum atomic E-state index is 5.71. The van der Waals surface area contributed by atoms with Gasteiger partial charge in [0.25, 0.3) is 0 Å². The van der Waals surface area contributed by atoms with E-state index < -0.39 is 0 Å². The predicted octanol–water partition coefficient (Wildman–Crippen LogP) is 3.15. The average Bonchev–Trinajstić information content (AvgIpc) is 2.38. The highest BCUT2D eigenvalue weighted by molar-refractivity contribution is 4.87. The summed E-state index contributed by atoms with van der Waals surface area (Å²) >= 11 is 0. The third-order valence-electron chi connectivity index (χ3n) is 4.13. The fourth-order valence-electron chi connectivity index (χ4n) is 3.04. The zero-order valence-electron chi connectivity index (χ0n) is 14.3. The molecule has 1 heterocycles. The smallest absolute Gasteiger partial charge is 0.0489 e. The lowest BCUT2D eigenvalue weighted by atomic mass is 9.97. The number of nitrogens with one attached hydrogen (secondary N) is 1. The Bertz CT molecular complexity index is 243. The molecule has 20 heavy (non-hydrogen) atoms. The van der Waals surface area contributed by atoms with E-state index in [-0.39, 0.29) is 0 Å². The fourth-order valence-corrected chi connectivity index (χ4v) is 3.04. The van der Waals surface area contributed by atoms with E-state index >= 15 is 0 Å². The Morgan fingerprint density at radius 2 is 2.00 bits per heavy atom. The van der Waals surface area contributed by atoms with E-state index in [1.807, 2.05) is 0 Å². The van der Waals surface area contributed by atoms with E-state index in [2.05, 4.69) is 44.8 Å². The molecule has 0 aromatic rings. The summed E-state index contributed by atoms with van der Waals surface area (Å²) in [6.45, 7) is 16.7. The summed E-state index contributed by atoms with van der Waals surface area (Å²) in [6.07, 6.45) is 3.73. The monoisotopic (exact) mass is 284 g/mol. The first-order valence-electron chi connectivity index (χ1n) is 8.59. The summed E-state index contributed by atoms with van der Waals surface area (Å²) in [6, 6.07) is 1.37. The molecular weight excluding hydrogens is 248 g/mol. The summed E-state index contributed by atoms with van der Waals surface area (Å²) in [5, 5.41) is 3.73. The van der Waals surface area contributed by atoms with Crippen LogP contribution in [0.2, 0.25) is 0 Å². The Morgan fingerprint density at radius 1 is 1.25 bits per heavy atom. The highest BCUT2D eigenvalue weighted by atomic mass is 16.5. The molecule has 1 saturated heterocycles. The zero-order valence-corrected chi connectivity index (χ0v) is 14.3. The number of hydrogen-bond acceptors (Lipinski definition) is 3. The standard InChI is InChI=1S/C17H36N2O/c1-6-8-16-12-19(17(11-18-16)15(4)5)9-7-10-20-13-14(2)3/h14-18H,6-13H2,1-5H3. The summed E-state index contributed by atoms with van der Waals surface area (Å²) in [5.74, 6) is 1.37. The van der Waals surface area contributed by atoms with Crippen molar-refractivity contribution in [3.8, 4) is 0 Å². The summed E-state index contributed by atoms with van der Waals surface area (Å²) < 4.78 is 5.71. The molecule has 0 radical (unpaired) electrons. The van der Waals surface area contributed by atoms with Gasteiger partial charge >= 0.3 is 0 Å². The van der Waals surface area contributed by atoms with Gasteiger partial charge in [-0.15, -0.1) is 0 Å². The van der Waals surface area contributed by atoms with Gasteiger partial charge in [-0.2, -0.15) is 0 Å². The Balaban J connectivity index is 2.32. The molecule has 0 aromatic carbocycles. The third kappa shape index (κ3) is 6.55. The van der Waals surface area contributed by atoms with Crippen LogP contribution in [0.5, 0.6) is 0 Å². The van der Waals surface area contributed by atoms with Crippen molar-refractivity contribution < 1.29 is 4.74 Å². The second-order valence-corrected chi connectivity index (χ2v) is 7.02. The molecule has 0 saturated carbocycles. The average molecular weight is 284 g/mol. The van der Waals surface area contributed by atoms with E-state index in [9.17, 15) is 0 Å². The van der Waals surface area contributed by atoms with Gasteiger partial charge in [0.2, 0.25) is 0 Å². The molecule has 0 aliphatic carbocycles. The van der Waals surface area contributed by atoms with Gasteiger partial charge in [-0.1, -0.05) is 41.0 Å². The first kappa shape index (κ1) is 17.9. The Labute approximate surface area is 126 Å². The Morgan fingerprint density at radius 3 is 2.60 bits per heavy atom. The number of ether oxygens (including phenoxy) is 1. The van der Waals surface area contributed by atoms with E-state index in [1.54, 1.807) is 0 Å². The highest BCUT2D eigenvalue weighted by Gasteiger charge is 2.28. The quantitative estimate of drug-likeness (QED) is 0.658. The fraction of sp³-hybridized carbons (Fsp3) is 1.00. The topological polar surface area (TPSA) is 24.5 Å². The molecule has 2 atom stereocenters. The van der Waals surface area contributed by atoms with Crippen LogP contribution in [0.3, 0.4) is 0 Å². The van der Waals surface area contributed by atoms with Gasteiger partial charge in [0, 0.05) is 44.9 Å². The molecule has 0 amide bonds. The Hall–Kier alpha value is -0.120. The van der Waals surface area contributed by atoms with Crippen LogP contribution in [0.25, 0.3) is 0 Å². The molecular formula is C17H36N2O. The number of piperazine rings is 1. The maximum Gasteiger partial charge on any atom is 0.0489 e. The van der Waals surface area contributed by atoms with E-state index in [0.717, 1.165) is 32.1 Å². The third-order valence-corrected chi connectivity index (χ3v) is 4.13. The van der Waals surface area contributed by atoms with Gasteiger partial charge in [-0.25, -0.2) is 0 Å². The molecule has 3 nitrogen and oxygen atoms in total. The highest BCUT2D eigenvalue weighted by Crippen LogP contribution is 2.17. The van der Waals surface area contributed by atoms with Crippen LogP contribution in [0.15, 0.2) is 0 Å². The first-order valence-corrected chi connectivity index (χ1v) is 8.59. The van der Waals surface area contributed by atoms with E-state index in [1.165, 1.54) is 25.9 Å². The molecule has 1 rings (SSSR count). The molecule has 1 aliphatic heterocycles. The van der Waals surface area contributed by atoms with E-state index in [4.69, 9.17) is 4.74 Å². The molecule has 1 N–H and O–H groups in total. The van der Waals surface area contributed by atoms with Crippen LogP contribution in [0.4, 0.5) is 0 Å². The molecule has 1 fully saturated rings. The van der Waals surface area contributed by atoms with Gasteiger partial charge in [0.15, 0.2) is 0 Å². The lowest BCUT2D eigenvalue weighted by Gasteiger charge is -2.42. The summed E-state index contributed by atoms with van der Waals surface area (Å²) in [5.41, 5.74) is 0. The van der Waals surface area contributed by atoms with Crippen molar-refractivity contribution in [2.24, 2.45) is 11.8 Å². The number of hydrogen-bond donors (Lipinski definition) is 1. The van der Waals surface area contributed by atoms with Crippen molar-refractivity contribution in [1.29, 1.82) is 0 Å². The zero-order chi connectivity index (χ0) is 15.0. The maximum absolute atomic E-state index is 5.71. The first-order chi connectivity index (χ1) is 9.54. The van der Waals surface area contributed by atoms with Crippen molar-refractivity contribution in [2.75, 3.05) is 32.8 Å². The van der Waals surface area contributed by atoms with Crippen molar-refractivity contribution in [1.82, 2.24) is 10.2 Å². The predicted molar refractivity (Wildman–Crippen MR) is 87.2 cm³/mol. The second-order valence-electron chi connectivity index (χ2n) is 7.02. The minimum Gasteiger partial charge on any atom is -0.381 e. The van der Waals surface area contributed by atoms with Gasteiger partial charge in [-0.3, -0.25) is 4.90 Å². The van der Waals surface area contributed by atoms with Gasteiger partial charge in [0.1, 0.15) is 0 Å². The normalized spacial score (nSPS) is 24.8. The van der Waals surface area contributed by atoms with Crippen molar-refractivity contribution in [3.63, 3.8) is 0 Å². The lowest BCUT2D eigenvalue weighted by Crippen LogP contribution is -2.58. The minimum absolute atomic E-state index is 0.645. The summed E-state index contributed by atoms with van der Waals surface area (Å²) in [7, 11) is 0. The number of rotatable bonds is 9. The molecule has 2 unspecified atom stereocenters. The van der Waals surface area contributed by atoms with Crippen LogP contribution in [0.1, 0.15) is 53.9 Å². The van der Waals surface area contributed by atoms with Crippen molar-refractivity contribution >= 4 is 0 Å². The van der Waals surface area contributed by atoms with Gasteiger partial charge < -0.3 is 10.1 Å². The summed E-state index contributed by atoms with van der Waals surface area (Å²) in [4.78, 5) is 2.69. The molecule has 0 bridgehead atoms. The molecule has 0 aromatic heterocycles. The molecule has 0 spiro atoms. The van der Waals surface area contributed by atoms with Crippen LogP contribution < -0.4 is 5.32 Å². The van der Waals surface area contributed by atoms with Crippen LogP contribution in [-0.2, 0) is 4.74 Å². The SMILES string of the molecule is CCCC1CN(CCCOCC(C)C)C(C(C)C)CN1.